The average molecular weight is 496 g/mol. The highest BCUT2D eigenvalue weighted by atomic mass is 16.5. The number of anilines is 1. The zero-order valence-corrected chi connectivity index (χ0v) is 20.5. The maximum absolute atomic E-state index is 13.9. The van der Waals surface area contributed by atoms with Crippen molar-refractivity contribution < 1.29 is 24.2 Å². The van der Waals surface area contributed by atoms with Crippen molar-refractivity contribution in [3.63, 3.8) is 0 Å². The van der Waals surface area contributed by atoms with Gasteiger partial charge in [0, 0.05) is 24.5 Å². The smallest absolute Gasteiger partial charge is 0.228 e. The third-order valence-electron chi connectivity index (χ3n) is 7.13. The number of carboxylic acids is 1. The number of rotatable bonds is 6. The predicted molar refractivity (Wildman–Crippen MR) is 138 cm³/mol. The van der Waals surface area contributed by atoms with Gasteiger partial charge in [0.2, 0.25) is 5.91 Å². The van der Waals surface area contributed by atoms with E-state index in [0.29, 0.717) is 30.0 Å². The van der Waals surface area contributed by atoms with E-state index in [-0.39, 0.29) is 18.1 Å². The number of hydrogen-bond donors (Lipinski definition) is 0. The number of methoxy groups -OCH3 is 1. The molecule has 1 aliphatic heterocycles. The van der Waals surface area contributed by atoms with Gasteiger partial charge in [0.15, 0.2) is 0 Å². The molecule has 0 radical (unpaired) electrons. The topological polar surface area (TPSA) is 99.1 Å². The monoisotopic (exact) mass is 495 g/mol. The standard InChI is InChI=1S/C30H28N2O5/c1-37-22-11-7-10-20(16-22)30-29-24(17-21(18-26(29)33)19-8-3-2-4-9-19)31-23-12-5-6-13-25(23)32(30)27(34)14-15-28(35)36/h2-13,16,21,29-30H,14-15,17-18H2,1H3,(H,35,36)/p-1/t21-,29-,30-/m1/s1. The second kappa shape index (κ2) is 10.4. The molecule has 0 spiro atoms. The Bertz CT molecular complexity index is 1370. The number of carbonyl (C=O) groups is 3. The van der Waals surface area contributed by atoms with Crippen LogP contribution in [0.4, 0.5) is 11.4 Å². The van der Waals surface area contributed by atoms with Gasteiger partial charge in [0.25, 0.3) is 0 Å². The fourth-order valence-corrected chi connectivity index (χ4v) is 5.44. The van der Waals surface area contributed by atoms with Crippen LogP contribution >= 0.6 is 0 Å². The predicted octanol–water partition coefficient (Wildman–Crippen LogP) is 4.15. The van der Waals surface area contributed by atoms with Gasteiger partial charge in [-0.2, -0.15) is 0 Å². The lowest BCUT2D eigenvalue weighted by atomic mass is 9.72. The molecule has 0 saturated heterocycles. The lowest BCUT2D eigenvalue weighted by Crippen LogP contribution is -2.45. The Morgan fingerprint density at radius 1 is 0.946 bits per heavy atom. The highest BCUT2D eigenvalue weighted by Gasteiger charge is 2.46. The summed E-state index contributed by atoms with van der Waals surface area (Å²) in [5.74, 6) is -1.79. The molecule has 188 valence electrons. The van der Waals surface area contributed by atoms with E-state index in [0.717, 1.165) is 16.8 Å². The van der Waals surface area contributed by atoms with Crippen LogP contribution in [-0.2, 0) is 14.4 Å². The number of amides is 1. The summed E-state index contributed by atoms with van der Waals surface area (Å²) in [6, 6.07) is 23.8. The molecule has 1 heterocycles. The van der Waals surface area contributed by atoms with Crippen molar-refractivity contribution in [2.24, 2.45) is 10.9 Å². The molecule has 2 aliphatic rings. The molecule has 0 N–H and O–H groups in total. The van der Waals surface area contributed by atoms with E-state index in [2.05, 4.69) is 0 Å². The molecule has 7 heteroatoms. The van der Waals surface area contributed by atoms with Gasteiger partial charge >= 0.3 is 0 Å². The van der Waals surface area contributed by atoms with E-state index < -0.39 is 30.3 Å². The number of Topliss-reactive ketones (excluding diaryl/α,β-unsaturated/α-hetero) is 1. The van der Waals surface area contributed by atoms with Crippen molar-refractivity contribution in [3.8, 4) is 5.75 Å². The number of aliphatic carboxylic acids is 1. The SMILES string of the molecule is COc1cccc([C@@H]2[C@H]3C(=O)C[C@H](c4ccccc4)CC3=Nc3ccccc3N2C(=O)CCC(=O)[O-])c1. The highest BCUT2D eigenvalue weighted by Crippen LogP contribution is 2.47. The van der Waals surface area contributed by atoms with Gasteiger partial charge in [-0.3, -0.25) is 14.6 Å². The minimum atomic E-state index is -1.30. The summed E-state index contributed by atoms with van der Waals surface area (Å²) in [6.45, 7) is 0. The number of carbonyl (C=O) groups excluding carboxylic acids is 3. The van der Waals surface area contributed by atoms with E-state index >= 15 is 0 Å². The van der Waals surface area contributed by atoms with E-state index in [1.54, 1.807) is 24.1 Å². The number of fused-ring (bicyclic) bond motifs is 2. The van der Waals surface area contributed by atoms with E-state index in [4.69, 9.17) is 9.73 Å². The number of benzene rings is 3. The largest absolute Gasteiger partial charge is 0.550 e. The van der Waals surface area contributed by atoms with Gasteiger partial charge in [-0.1, -0.05) is 54.6 Å². The molecule has 3 aromatic carbocycles. The van der Waals surface area contributed by atoms with Gasteiger partial charge in [0.05, 0.1) is 30.4 Å². The van der Waals surface area contributed by atoms with Crippen LogP contribution in [0.2, 0.25) is 0 Å². The Morgan fingerprint density at radius 2 is 1.68 bits per heavy atom. The van der Waals surface area contributed by atoms with Crippen LogP contribution in [0.25, 0.3) is 0 Å². The summed E-state index contributed by atoms with van der Waals surface area (Å²) >= 11 is 0. The molecule has 7 nitrogen and oxygen atoms in total. The zero-order chi connectivity index (χ0) is 25.9. The molecule has 0 aromatic heterocycles. The Labute approximate surface area is 215 Å². The molecule has 3 aromatic rings. The van der Waals surface area contributed by atoms with Crippen LogP contribution in [0.1, 0.15) is 48.8 Å². The van der Waals surface area contributed by atoms with E-state index in [1.807, 2.05) is 66.7 Å². The number of hydrogen-bond acceptors (Lipinski definition) is 6. The first-order valence-corrected chi connectivity index (χ1v) is 12.4. The molecule has 3 atom stereocenters. The second-order valence-corrected chi connectivity index (χ2v) is 9.41. The molecular formula is C30H27N2O5-. The average Bonchev–Trinajstić information content (AvgIpc) is 3.07. The minimum absolute atomic E-state index is 0.00261. The molecule has 1 aliphatic carbocycles. The summed E-state index contributed by atoms with van der Waals surface area (Å²) in [4.78, 5) is 45.3. The molecule has 37 heavy (non-hydrogen) atoms. The first-order valence-electron chi connectivity index (χ1n) is 12.4. The number of para-hydroxylation sites is 2. The van der Waals surface area contributed by atoms with Gasteiger partial charge in [-0.15, -0.1) is 0 Å². The number of ketones is 1. The maximum Gasteiger partial charge on any atom is 0.228 e. The Hall–Kier alpha value is -4.26. The molecule has 1 fully saturated rings. The van der Waals surface area contributed by atoms with Gasteiger partial charge < -0.3 is 19.5 Å². The van der Waals surface area contributed by atoms with Gasteiger partial charge in [-0.25, -0.2) is 0 Å². The second-order valence-electron chi connectivity index (χ2n) is 9.41. The molecule has 0 unspecified atom stereocenters. The quantitative estimate of drug-likeness (QED) is 0.512. The van der Waals surface area contributed by atoms with E-state index in [1.165, 1.54) is 0 Å². The lowest BCUT2D eigenvalue weighted by Gasteiger charge is -2.39. The first-order chi connectivity index (χ1) is 18.0. The van der Waals surface area contributed by atoms with Gasteiger partial charge in [-0.05, 0) is 54.2 Å². The first kappa shape index (κ1) is 24.4. The number of carboxylic acid groups (broad SMARTS) is 1. The summed E-state index contributed by atoms with van der Waals surface area (Å²) < 4.78 is 5.45. The van der Waals surface area contributed by atoms with Crippen LogP contribution in [0.5, 0.6) is 5.75 Å². The third kappa shape index (κ3) is 4.89. The zero-order valence-electron chi connectivity index (χ0n) is 20.5. The molecule has 5 rings (SSSR count). The summed E-state index contributed by atoms with van der Waals surface area (Å²) in [5, 5.41) is 11.2. The summed E-state index contributed by atoms with van der Waals surface area (Å²) in [6.07, 6.45) is 0.243. The number of ether oxygens (including phenoxy) is 1. The Balaban J connectivity index is 1.67. The highest BCUT2D eigenvalue weighted by molar-refractivity contribution is 6.13. The van der Waals surface area contributed by atoms with Crippen molar-refractivity contribution in [2.75, 3.05) is 12.0 Å². The van der Waals surface area contributed by atoms with Crippen LogP contribution in [0, 0.1) is 5.92 Å². The molecular weight excluding hydrogens is 468 g/mol. The van der Waals surface area contributed by atoms with Crippen molar-refractivity contribution >= 4 is 34.7 Å². The van der Waals surface area contributed by atoms with Crippen LogP contribution in [0.15, 0.2) is 83.9 Å². The van der Waals surface area contributed by atoms with E-state index in [9.17, 15) is 19.5 Å². The van der Waals surface area contributed by atoms with Crippen molar-refractivity contribution in [1.29, 1.82) is 0 Å². The van der Waals surface area contributed by atoms with Crippen molar-refractivity contribution in [2.45, 2.75) is 37.6 Å². The van der Waals surface area contributed by atoms with Crippen LogP contribution in [-0.4, -0.2) is 30.5 Å². The number of aliphatic imine (C=N–C) groups is 1. The van der Waals surface area contributed by atoms with Crippen molar-refractivity contribution in [3.05, 3.63) is 90.0 Å². The van der Waals surface area contributed by atoms with Crippen LogP contribution < -0.4 is 14.7 Å². The number of nitrogens with zero attached hydrogens (tertiary/aromatic N) is 2. The lowest BCUT2D eigenvalue weighted by molar-refractivity contribution is -0.305. The minimum Gasteiger partial charge on any atom is -0.550 e. The van der Waals surface area contributed by atoms with Gasteiger partial charge in [0.1, 0.15) is 11.5 Å². The van der Waals surface area contributed by atoms with Crippen molar-refractivity contribution in [1.82, 2.24) is 0 Å². The Morgan fingerprint density at radius 3 is 2.43 bits per heavy atom. The van der Waals surface area contributed by atoms with Crippen LogP contribution in [0.3, 0.4) is 0 Å². The normalized spacial score (nSPS) is 20.8. The molecule has 1 saturated carbocycles. The fourth-order valence-electron chi connectivity index (χ4n) is 5.44. The molecule has 0 bridgehead atoms. The maximum atomic E-state index is 13.9. The summed E-state index contributed by atoms with van der Waals surface area (Å²) in [7, 11) is 1.56. The Kier molecular flexibility index (Phi) is 6.86. The summed E-state index contributed by atoms with van der Waals surface area (Å²) in [5.41, 5.74) is 3.65. The fraction of sp³-hybridized carbons (Fsp3) is 0.267. The third-order valence-corrected chi connectivity index (χ3v) is 7.13. The molecule has 1 amide bonds.